The molecule has 16 heavy (non-hydrogen) atoms. The average Bonchev–Trinajstić information content (AvgIpc) is 2.64. The molecule has 0 saturated heterocycles. The topological polar surface area (TPSA) is 26.0 Å². The van der Waals surface area contributed by atoms with Crippen molar-refractivity contribution >= 4 is 22.9 Å². The predicted molar refractivity (Wildman–Crippen MR) is 66.5 cm³/mol. The maximum absolute atomic E-state index is 12.9. The lowest BCUT2D eigenvalue weighted by Crippen LogP contribution is -2.11. The van der Waals surface area contributed by atoms with Gasteiger partial charge in [-0.2, -0.15) is 0 Å². The van der Waals surface area contributed by atoms with Crippen molar-refractivity contribution in [3.05, 3.63) is 56.5 Å². The maximum atomic E-state index is 12.9. The van der Waals surface area contributed by atoms with Crippen LogP contribution >= 0.6 is 22.9 Å². The number of thiophene rings is 1. The molecule has 2 rings (SSSR count). The van der Waals surface area contributed by atoms with Crippen molar-refractivity contribution in [2.45, 2.75) is 13.0 Å². The number of nitrogens with two attached hydrogens (primary N) is 1. The molecule has 2 aromatic rings. The lowest BCUT2D eigenvalue weighted by Gasteiger charge is -2.12. The molecule has 1 unspecified atom stereocenters. The largest absolute Gasteiger partial charge is 0.320 e. The minimum atomic E-state index is -0.345. The summed E-state index contributed by atoms with van der Waals surface area (Å²) in [7, 11) is 0. The third kappa shape index (κ3) is 2.26. The Hall–Kier alpha value is -0.900. The van der Waals surface area contributed by atoms with Crippen LogP contribution < -0.4 is 5.73 Å². The van der Waals surface area contributed by atoms with Gasteiger partial charge in [-0.15, -0.1) is 11.3 Å². The second-order valence-corrected chi connectivity index (χ2v) is 5.16. The van der Waals surface area contributed by atoms with Crippen LogP contribution in [0.5, 0.6) is 0 Å². The van der Waals surface area contributed by atoms with Gasteiger partial charge >= 0.3 is 0 Å². The van der Waals surface area contributed by atoms with Crippen molar-refractivity contribution in [2.24, 2.45) is 5.73 Å². The van der Waals surface area contributed by atoms with E-state index < -0.39 is 0 Å². The van der Waals surface area contributed by atoms with Gasteiger partial charge in [0.05, 0.1) is 6.04 Å². The first-order valence-electron chi connectivity index (χ1n) is 4.83. The minimum Gasteiger partial charge on any atom is -0.320 e. The van der Waals surface area contributed by atoms with Crippen molar-refractivity contribution < 1.29 is 4.39 Å². The number of hydrogen-bond donors (Lipinski definition) is 1. The highest BCUT2D eigenvalue weighted by molar-refractivity contribution is 7.10. The van der Waals surface area contributed by atoms with E-state index >= 15 is 0 Å². The summed E-state index contributed by atoms with van der Waals surface area (Å²) < 4.78 is 12.9. The predicted octanol–water partition coefficient (Wildman–Crippen LogP) is 3.90. The summed E-state index contributed by atoms with van der Waals surface area (Å²) in [6, 6.07) is 6.03. The van der Waals surface area contributed by atoms with Crippen LogP contribution in [-0.2, 0) is 0 Å². The van der Waals surface area contributed by atoms with Crippen molar-refractivity contribution in [3.63, 3.8) is 0 Å². The van der Waals surface area contributed by atoms with Gasteiger partial charge in [-0.05, 0) is 41.6 Å². The molecule has 0 amide bonds. The van der Waals surface area contributed by atoms with Crippen molar-refractivity contribution in [1.82, 2.24) is 0 Å². The molecule has 1 atom stereocenters. The van der Waals surface area contributed by atoms with Gasteiger partial charge < -0.3 is 5.73 Å². The summed E-state index contributed by atoms with van der Waals surface area (Å²) in [6.07, 6.45) is 0. The summed E-state index contributed by atoms with van der Waals surface area (Å²) in [6.45, 7) is 2.02. The molecule has 4 heteroatoms. The van der Waals surface area contributed by atoms with Crippen LogP contribution in [0.15, 0.2) is 29.6 Å². The fourth-order valence-electron chi connectivity index (χ4n) is 1.56. The van der Waals surface area contributed by atoms with E-state index in [1.165, 1.54) is 17.0 Å². The van der Waals surface area contributed by atoms with E-state index in [1.807, 2.05) is 18.4 Å². The monoisotopic (exact) mass is 255 g/mol. The van der Waals surface area contributed by atoms with Crippen LogP contribution in [0.3, 0.4) is 0 Å². The Kier molecular flexibility index (Phi) is 3.28. The van der Waals surface area contributed by atoms with Gasteiger partial charge in [0.25, 0.3) is 0 Å². The molecule has 1 heterocycles. The first-order valence-corrected chi connectivity index (χ1v) is 6.09. The van der Waals surface area contributed by atoms with Gasteiger partial charge in [-0.25, -0.2) is 4.39 Å². The van der Waals surface area contributed by atoms with E-state index in [2.05, 4.69) is 0 Å². The third-order valence-electron chi connectivity index (χ3n) is 2.41. The molecule has 84 valence electrons. The lowest BCUT2D eigenvalue weighted by atomic mass is 10.0. The highest BCUT2D eigenvalue weighted by Crippen LogP contribution is 2.29. The third-order valence-corrected chi connectivity index (χ3v) is 3.61. The number of rotatable bonds is 2. The number of halogens is 2. The van der Waals surface area contributed by atoms with Gasteiger partial charge in [0.1, 0.15) is 5.82 Å². The first-order chi connectivity index (χ1) is 7.58. The standard InChI is InChI=1S/C12H11ClFNS/c1-7-4-8(6-16-7)12(15)10-3-2-9(14)5-11(10)13/h2-6,12H,15H2,1H3. The second kappa shape index (κ2) is 4.53. The molecule has 0 saturated carbocycles. The van der Waals surface area contributed by atoms with Gasteiger partial charge in [0.2, 0.25) is 0 Å². The highest BCUT2D eigenvalue weighted by atomic mass is 35.5. The summed E-state index contributed by atoms with van der Waals surface area (Å²) in [5.41, 5.74) is 7.84. The SMILES string of the molecule is Cc1cc(C(N)c2ccc(F)cc2Cl)cs1. The van der Waals surface area contributed by atoms with E-state index in [1.54, 1.807) is 17.4 Å². The van der Waals surface area contributed by atoms with E-state index in [0.717, 1.165) is 11.1 Å². The van der Waals surface area contributed by atoms with Crippen molar-refractivity contribution in [1.29, 1.82) is 0 Å². The van der Waals surface area contributed by atoms with Gasteiger partial charge in [-0.1, -0.05) is 17.7 Å². The molecule has 0 radical (unpaired) electrons. The number of hydrogen-bond acceptors (Lipinski definition) is 2. The Morgan fingerprint density at radius 3 is 2.69 bits per heavy atom. The second-order valence-electron chi connectivity index (χ2n) is 3.63. The van der Waals surface area contributed by atoms with Crippen LogP contribution in [0.2, 0.25) is 5.02 Å². The van der Waals surface area contributed by atoms with E-state index in [9.17, 15) is 4.39 Å². The maximum Gasteiger partial charge on any atom is 0.124 e. The molecule has 1 aromatic heterocycles. The Labute approximate surface area is 103 Å². The fraction of sp³-hybridized carbons (Fsp3) is 0.167. The molecule has 1 aromatic carbocycles. The molecule has 0 spiro atoms. The minimum absolute atomic E-state index is 0.293. The molecule has 0 fully saturated rings. The zero-order valence-electron chi connectivity index (χ0n) is 8.71. The van der Waals surface area contributed by atoms with Crippen molar-refractivity contribution in [3.8, 4) is 0 Å². The Morgan fingerprint density at radius 2 is 2.12 bits per heavy atom. The summed E-state index contributed by atoms with van der Waals surface area (Å²) in [5, 5.41) is 2.37. The van der Waals surface area contributed by atoms with Gasteiger partial charge in [-0.3, -0.25) is 0 Å². The van der Waals surface area contributed by atoms with E-state index in [-0.39, 0.29) is 11.9 Å². The van der Waals surface area contributed by atoms with Crippen molar-refractivity contribution in [2.75, 3.05) is 0 Å². The van der Waals surface area contributed by atoms with Crippen LogP contribution in [0.1, 0.15) is 22.0 Å². The van der Waals surface area contributed by atoms with Crippen LogP contribution in [0, 0.1) is 12.7 Å². The van der Waals surface area contributed by atoms with Crippen LogP contribution in [0.25, 0.3) is 0 Å². The molecule has 2 N–H and O–H groups in total. The smallest absolute Gasteiger partial charge is 0.124 e. The number of aryl methyl sites for hydroxylation is 1. The Balaban J connectivity index is 2.37. The summed E-state index contributed by atoms with van der Waals surface area (Å²) in [4.78, 5) is 1.20. The summed E-state index contributed by atoms with van der Waals surface area (Å²) in [5.74, 6) is -0.345. The quantitative estimate of drug-likeness (QED) is 0.866. The lowest BCUT2D eigenvalue weighted by molar-refractivity contribution is 0.626. The van der Waals surface area contributed by atoms with Gasteiger partial charge in [0.15, 0.2) is 0 Å². The fourth-order valence-corrected chi connectivity index (χ4v) is 2.59. The molecule has 1 nitrogen and oxygen atoms in total. The average molecular weight is 256 g/mol. The first kappa shape index (κ1) is 11.6. The Morgan fingerprint density at radius 1 is 1.38 bits per heavy atom. The van der Waals surface area contributed by atoms with Crippen LogP contribution in [-0.4, -0.2) is 0 Å². The zero-order chi connectivity index (χ0) is 11.7. The highest BCUT2D eigenvalue weighted by Gasteiger charge is 2.13. The molecule has 0 aliphatic carbocycles. The number of benzene rings is 1. The summed E-state index contributed by atoms with van der Waals surface area (Å²) >= 11 is 7.60. The van der Waals surface area contributed by atoms with Crippen LogP contribution in [0.4, 0.5) is 4.39 Å². The normalized spacial score (nSPS) is 12.8. The molecular weight excluding hydrogens is 245 g/mol. The van der Waals surface area contributed by atoms with E-state index in [4.69, 9.17) is 17.3 Å². The molecule has 0 aliphatic rings. The van der Waals surface area contributed by atoms with E-state index in [0.29, 0.717) is 5.02 Å². The molecule has 0 bridgehead atoms. The Bertz CT molecular complexity index is 509. The molecule has 0 aliphatic heterocycles. The van der Waals surface area contributed by atoms with Gasteiger partial charge in [0, 0.05) is 9.90 Å². The molecular formula is C12H11ClFNS. The zero-order valence-corrected chi connectivity index (χ0v) is 10.3.